The fraction of sp³-hybridized carbons (Fsp3) is 0.207. The summed E-state index contributed by atoms with van der Waals surface area (Å²) in [6, 6.07) is 16.3. The van der Waals surface area contributed by atoms with Crippen LogP contribution in [0, 0.1) is 5.41 Å². The molecule has 0 spiro atoms. The van der Waals surface area contributed by atoms with E-state index in [1.54, 1.807) is 54.6 Å². The third-order valence-electron chi connectivity index (χ3n) is 6.20. The number of fused-ring (bicyclic) bond motifs is 1. The number of carbonyl (C=O) groups is 2. The molecule has 0 aliphatic carbocycles. The minimum atomic E-state index is -0.833. The number of hydrogen-bond donors (Lipinski definition) is 6. The number of hydrogen-bond acceptors (Lipinski definition) is 9. The molecule has 1 amide bonds. The fourth-order valence-electron chi connectivity index (χ4n) is 4.30. The summed E-state index contributed by atoms with van der Waals surface area (Å²) in [6.07, 6.45) is 0.717. The van der Waals surface area contributed by atoms with Gasteiger partial charge in [-0.1, -0.05) is 12.1 Å². The average Bonchev–Trinajstić information content (AvgIpc) is 3.19. The van der Waals surface area contributed by atoms with E-state index in [4.69, 9.17) is 41.0 Å². The number of nitrogens with one attached hydrogen (secondary N) is 3. The number of aliphatic carboxylic acids is 1. The van der Waals surface area contributed by atoms with Crippen molar-refractivity contribution in [3.8, 4) is 22.9 Å². The highest BCUT2D eigenvalue weighted by Crippen LogP contribution is 2.42. The molecule has 14 heteroatoms. The van der Waals surface area contributed by atoms with Crippen molar-refractivity contribution in [3.05, 3.63) is 93.7 Å². The zero-order valence-electron chi connectivity index (χ0n) is 23.4. The number of anilines is 1. The van der Waals surface area contributed by atoms with Gasteiger partial charge in [-0.25, -0.2) is 4.79 Å². The number of rotatable bonds is 8. The summed E-state index contributed by atoms with van der Waals surface area (Å²) >= 11 is 0. The Bertz CT molecular complexity index is 1690. The molecule has 0 saturated carbocycles. The molecule has 3 aromatic carbocycles. The molecule has 2 heterocycles. The fourth-order valence-corrected chi connectivity index (χ4v) is 4.30. The van der Waals surface area contributed by atoms with E-state index in [0.29, 0.717) is 53.7 Å². The third-order valence-corrected chi connectivity index (χ3v) is 6.20. The van der Waals surface area contributed by atoms with Crippen LogP contribution in [0.2, 0.25) is 0 Å². The maximum absolute atomic E-state index is 13.1. The Kier molecular flexibility index (Phi) is 9.30. The van der Waals surface area contributed by atoms with Crippen LogP contribution in [-0.4, -0.2) is 57.9 Å². The van der Waals surface area contributed by atoms with Crippen LogP contribution < -0.4 is 36.7 Å². The maximum Gasteiger partial charge on any atom is 0.348 e. The lowest BCUT2D eigenvalue weighted by molar-refractivity contribution is -0.134. The molecular formula is C29H31N7O7. The molecule has 0 unspecified atom stereocenters. The molecule has 4 aromatic rings. The number of primary amides is 1. The molecular weight excluding hydrogens is 558 g/mol. The Balaban J connectivity index is 0.000000996. The number of methoxy groups -OCH3 is 1. The Morgan fingerprint density at radius 1 is 1.12 bits per heavy atom. The number of nitrogens with zero attached hydrogens (tertiary/aromatic N) is 2. The van der Waals surface area contributed by atoms with Crippen molar-refractivity contribution in [2.45, 2.75) is 19.4 Å². The molecule has 0 saturated heterocycles. The molecule has 1 aromatic heterocycles. The molecule has 0 bridgehead atoms. The molecule has 0 radical (unpaired) electrons. The molecule has 1 atom stereocenters. The monoisotopic (exact) mass is 589 g/mol. The van der Waals surface area contributed by atoms with E-state index < -0.39 is 23.6 Å². The number of H-pyrrole nitrogens is 1. The second kappa shape index (κ2) is 13.2. The number of carboxylic acid groups (broad SMARTS) is 1. The standard InChI is InChI=1S/C27H27N7O5.C2H4O2/c1-37-20-13-16(14-21-23(20)39-12-4-11-38-21)22(31-17-9-7-15(8-10-17)24(28)29)26-32-27(36)34(33-26)19-6-3-2-5-18(19)25(30)35;1-2(3)4/h2-3,5-10,13-14,22,31H,4,11-12H2,1H3,(H3,28,29)(H2,30,35)(H,32,33,36);1H3,(H,3,4)/t22-;/m0./s1. The van der Waals surface area contributed by atoms with Crippen LogP contribution in [0.25, 0.3) is 5.69 Å². The second-order valence-corrected chi connectivity index (χ2v) is 9.30. The predicted octanol–water partition coefficient (Wildman–Crippen LogP) is 2.41. The van der Waals surface area contributed by atoms with Crippen molar-refractivity contribution in [2.75, 3.05) is 25.6 Å². The Hall–Kier alpha value is -5.79. The van der Waals surface area contributed by atoms with Crippen LogP contribution in [0.5, 0.6) is 17.2 Å². The molecule has 1 aliphatic heterocycles. The van der Waals surface area contributed by atoms with Gasteiger partial charge in [0.1, 0.15) is 11.9 Å². The van der Waals surface area contributed by atoms with Crippen LogP contribution in [0.3, 0.4) is 0 Å². The SMILES string of the molecule is CC(=O)O.COc1cc([C@H](Nc2ccc(C(=N)N)cc2)c2nn(-c3ccccc3C(N)=O)c(=O)[nH]2)cc2c1OCCCO2. The summed E-state index contributed by atoms with van der Waals surface area (Å²) in [7, 11) is 1.54. The van der Waals surface area contributed by atoms with Gasteiger partial charge in [0.2, 0.25) is 5.75 Å². The van der Waals surface area contributed by atoms with Gasteiger partial charge in [0.05, 0.1) is 31.6 Å². The first-order valence-corrected chi connectivity index (χ1v) is 13.1. The number of carbonyl (C=O) groups excluding carboxylic acids is 1. The summed E-state index contributed by atoms with van der Waals surface area (Å²) in [4.78, 5) is 36.9. The minimum absolute atomic E-state index is 0.0538. The highest BCUT2D eigenvalue weighted by atomic mass is 16.5. The number of amides is 1. The predicted molar refractivity (Wildman–Crippen MR) is 158 cm³/mol. The number of nitrogen functional groups attached to an aromatic ring is 1. The van der Waals surface area contributed by atoms with Crippen molar-refractivity contribution < 1.29 is 28.9 Å². The summed E-state index contributed by atoms with van der Waals surface area (Å²) in [5.74, 6) is 0.145. The van der Waals surface area contributed by atoms with Gasteiger partial charge in [-0.05, 0) is 54.1 Å². The third kappa shape index (κ3) is 7.11. The van der Waals surface area contributed by atoms with E-state index in [9.17, 15) is 9.59 Å². The van der Waals surface area contributed by atoms with Crippen molar-refractivity contribution >= 4 is 23.4 Å². The van der Waals surface area contributed by atoms with Crippen LogP contribution in [0.15, 0.2) is 65.5 Å². The van der Waals surface area contributed by atoms with Gasteiger partial charge in [0.25, 0.3) is 11.9 Å². The van der Waals surface area contributed by atoms with E-state index in [1.807, 2.05) is 0 Å². The zero-order valence-corrected chi connectivity index (χ0v) is 23.4. The number of para-hydroxylation sites is 1. The largest absolute Gasteiger partial charge is 0.493 e. The normalized spacial score (nSPS) is 12.6. The van der Waals surface area contributed by atoms with Gasteiger partial charge in [0.15, 0.2) is 17.3 Å². The van der Waals surface area contributed by atoms with Crippen molar-refractivity contribution in [2.24, 2.45) is 11.5 Å². The van der Waals surface area contributed by atoms with E-state index in [0.717, 1.165) is 11.6 Å². The first-order valence-electron chi connectivity index (χ1n) is 13.1. The topological polar surface area (TPSA) is 221 Å². The lowest BCUT2D eigenvalue weighted by atomic mass is 10.0. The number of carboxylic acids is 1. The number of benzene rings is 3. The van der Waals surface area contributed by atoms with Crippen LogP contribution in [-0.2, 0) is 4.79 Å². The number of ether oxygens (including phenoxy) is 3. The number of aromatic amines is 1. The number of nitrogens with two attached hydrogens (primary N) is 2. The smallest absolute Gasteiger partial charge is 0.348 e. The van der Waals surface area contributed by atoms with Gasteiger partial charge in [-0.15, -0.1) is 5.10 Å². The van der Waals surface area contributed by atoms with E-state index >= 15 is 0 Å². The van der Waals surface area contributed by atoms with Crippen molar-refractivity contribution in [1.29, 1.82) is 5.41 Å². The van der Waals surface area contributed by atoms with Crippen LogP contribution >= 0.6 is 0 Å². The zero-order chi connectivity index (χ0) is 31.1. The summed E-state index contributed by atoms with van der Waals surface area (Å²) in [5, 5.41) is 23.0. The van der Waals surface area contributed by atoms with E-state index in [2.05, 4.69) is 15.4 Å². The lowest BCUT2D eigenvalue weighted by Crippen LogP contribution is -2.21. The Morgan fingerprint density at radius 3 is 2.44 bits per heavy atom. The quantitative estimate of drug-likeness (QED) is 0.130. The molecule has 43 heavy (non-hydrogen) atoms. The Labute approximate surface area is 245 Å². The van der Waals surface area contributed by atoms with Crippen LogP contribution in [0.1, 0.15) is 46.7 Å². The highest BCUT2D eigenvalue weighted by molar-refractivity contribution is 5.96. The number of aromatic nitrogens is 3. The molecule has 0 fully saturated rings. The highest BCUT2D eigenvalue weighted by Gasteiger charge is 2.26. The second-order valence-electron chi connectivity index (χ2n) is 9.30. The molecule has 1 aliphatic rings. The number of amidine groups is 1. The van der Waals surface area contributed by atoms with Gasteiger partial charge in [0, 0.05) is 24.6 Å². The van der Waals surface area contributed by atoms with Crippen molar-refractivity contribution in [3.63, 3.8) is 0 Å². The van der Waals surface area contributed by atoms with Gasteiger partial charge >= 0.3 is 5.69 Å². The molecule has 14 nitrogen and oxygen atoms in total. The van der Waals surface area contributed by atoms with E-state index in [1.165, 1.54) is 13.2 Å². The van der Waals surface area contributed by atoms with E-state index in [-0.39, 0.29) is 22.9 Å². The summed E-state index contributed by atoms with van der Waals surface area (Å²) in [6.45, 7) is 2.05. The minimum Gasteiger partial charge on any atom is -0.493 e. The summed E-state index contributed by atoms with van der Waals surface area (Å²) in [5.41, 5.74) is 12.9. The van der Waals surface area contributed by atoms with Gasteiger partial charge in [-0.3, -0.25) is 20.0 Å². The maximum atomic E-state index is 13.1. The van der Waals surface area contributed by atoms with Crippen LogP contribution in [0.4, 0.5) is 5.69 Å². The molecule has 224 valence electrons. The summed E-state index contributed by atoms with van der Waals surface area (Å²) < 4.78 is 18.5. The van der Waals surface area contributed by atoms with Gasteiger partial charge < -0.3 is 36.1 Å². The first-order chi connectivity index (χ1) is 20.6. The van der Waals surface area contributed by atoms with Gasteiger partial charge in [-0.2, -0.15) is 4.68 Å². The molecule has 8 N–H and O–H groups in total. The average molecular weight is 590 g/mol. The molecule has 5 rings (SSSR count). The first kappa shape index (κ1) is 30.2. The lowest BCUT2D eigenvalue weighted by Gasteiger charge is -2.21. The van der Waals surface area contributed by atoms with Crippen molar-refractivity contribution in [1.82, 2.24) is 14.8 Å². The Morgan fingerprint density at radius 2 is 1.79 bits per heavy atom.